The van der Waals surface area contributed by atoms with Crippen molar-refractivity contribution in [1.82, 2.24) is 9.44 Å². The van der Waals surface area contributed by atoms with Gasteiger partial charge in [-0.2, -0.15) is 0 Å². The van der Waals surface area contributed by atoms with Crippen LogP contribution in [0.25, 0.3) is 0 Å². The van der Waals surface area contributed by atoms with Gasteiger partial charge in [-0.25, -0.2) is 39.5 Å². The van der Waals surface area contributed by atoms with E-state index in [0.29, 0.717) is 0 Å². The average molecular weight is 459 g/mol. The molecule has 6 nitrogen and oxygen atoms in total. The summed E-state index contributed by atoms with van der Waals surface area (Å²) >= 11 is 0. The van der Waals surface area contributed by atoms with Crippen LogP contribution in [0.5, 0.6) is 0 Å². The topological polar surface area (TPSA) is 92.3 Å². The molecular formula is C18H29F3N2O4S2. The van der Waals surface area contributed by atoms with Crippen LogP contribution in [0.3, 0.4) is 0 Å². The minimum absolute atomic E-state index is 0.177. The molecule has 11 heteroatoms. The molecule has 0 aliphatic heterocycles. The van der Waals surface area contributed by atoms with E-state index < -0.39 is 66.4 Å². The first-order valence-corrected chi connectivity index (χ1v) is 12.2. The second-order valence-corrected chi connectivity index (χ2v) is 12.6. The minimum atomic E-state index is -3.75. The van der Waals surface area contributed by atoms with Crippen LogP contribution in [0.15, 0.2) is 18.2 Å². The highest BCUT2D eigenvalue weighted by Crippen LogP contribution is 2.32. The highest BCUT2D eigenvalue weighted by molar-refractivity contribution is 7.90. The number of benzene rings is 1. The lowest BCUT2D eigenvalue weighted by Crippen LogP contribution is -2.40. The van der Waals surface area contributed by atoms with Crippen LogP contribution >= 0.6 is 0 Å². The second kappa shape index (κ2) is 8.91. The third-order valence-corrected chi connectivity index (χ3v) is 8.16. The van der Waals surface area contributed by atoms with Crippen LogP contribution in [-0.4, -0.2) is 40.4 Å². The van der Waals surface area contributed by atoms with Crippen molar-refractivity contribution in [2.45, 2.75) is 63.4 Å². The van der Waals surface area contributed by atoms with Gasteiger partial charge in [0.2, 0.25) is 20.0 Å². The third kappa shape index (κ3) is 6.66. The van der Waals surface area contributed by atoms with Crippen molar-refractivity contribution >= 4 is 20.0 Å². The summed E-state index contributed by atoms with van der Waals surface area (Å²) in [7, 11) is -7.47. The van der Waals surface area contributed by atoms with Crippen LogP contribution in [-0.2, 0) is 31.4 Å². The van der Waals surface area contributed by atoms with Gasteiger partial charge in [0.15, 0.2) is 0 Å². The maximum atomic E-state index is 14.9. The highest BCUT2D eigenvalue weighted by atomic mass is 32.2. The molecule has 0 aromatic heterocycles. The van der Waals surface area contributed by atoms with E-state index in [1.54, 1.807) is 0 Å². The Morgan fingerprint density at radius 2 is 1.28 bits per heavy atom. The second-order valence-electron chi connectivity index (χ2n) is 7.92. The van der Waals surface area contributed by atoms with Gasteiger partial charge in [0.1, 0.15) is 17.2 Å². The molecule has 2 unspecified atom stereocenters. The molecule has 0 radical (unpaired) electrons. The molecular weight excluding hydrogens is 429 g/mol. The third-order valence-electron chi connectivity index (χ3n) is 4.58. The number of alkyl halides is 2. The molecule has 0 bridgehead atoms. The smallest absolute Gasteiger partial charge is 0.214 e. The molecule has 0 spiro atoms. The van der Waals surface area contributed by atoms with Crippen LogP contribution < -0.4 is 9.44 Å². The Morgan fingerprint density at radius 3 is 1.66 bits per heavy atom. The fourth-order valence-electron chi connectivity index (χ4n) is 2.26. The molecule has 1 aromatic carbocycles. The molecule has 2 atom stereocenters. The van der Waals surface area contributed by atoms with Gasteiger partial charge in [0.05, 0.1) is 10.5 Å². The van der Waals surface area contributed by atoms with Crippen molar-refractivity contribution < 1.29 is 30.0 Å². The van der Waals surface area contributed by atoms with E-state index >= 15 is 0 Å². The van der Waals surface area contributed by atoms with Gasteiger partial charge in [-0.3, -0.25) is 0 Å². The number of nitrogens with one attached hydrogen (secondary N) is 2. The summed E-state index contributed by atoms with van der Waals surface area (Å²) in [5.41, 5.74) is -5.24. The summed E-state index contributed by atoms with van der Waals surface area (Å²) in [4.78, 5) is 0. The first-order valence-electron chi connectivity index (χ1n) is 9.07. The lowest BCUT2D eigenvalue weighted by Gasteiger charge is -2.26. The summed E-state index contributed by atoms with van der Waals surface area (Å²) in [5.74, 6) is -1.06. The molecule has 29 heavy (non-hydrogen) atoms. The lowest BCUT2D eigenvalue weighted by molar-refractivity contribution is 0.185. The van der Waals surface area contributed by atoms with Gasteiger partial charge in [0, 0.05) is 18.7 Å². The van der Waals surface area contributed by atoms with Crippen molar-refractivity contribution in [3.05, 3.63) is 35.1 Å². The Morgan fingerprint density at radius 1 is 0.862 bits per heavy atom. The Labute approximate surface area is 171 Å². The molecule has 1 rings (SSSR count). The normalized spacial score (nSPS) is 17.3. The standard InChI is InChI=1S/C18H29F3N2O4S2/c1-12(2)28(24,25)22-10-17(5,20)14-7-8-15(16(19)9-14)18(6,21)11-23-29(26,27)13(3)4/h7-9,12-13,22-23H,10-11H2,1-6H3. The maximum absolute atomic E-state index is 14.9. The van der Waals surface area contributed by atoms with E-state index in [1.807, 2.05) is 0 Å². The summed E-state index contributed by atoms with van der Waals surface area (Å²) in [5, 5.41) is -1.55. The fraction of sp³-hybridized carbons (Fsp3) is 0.667. The molecule has 0 fully saturated rings. The molecule has 2 N–H and O–H groups in total. The first-order chi connectivity index (χ1) is 12.9. The molecule has 0 aliphatic rings. The van der Waals surface area contributed by atoms with Crippen LogP contribution in [0, 0.1) is 5.82 Å². The zero-order valence-corrected chi connectivity index (χ0v) is 19.0. The summed E-state index contributed by atoms with van der Waals surface area (Å²) in [6, 6.07) is 2.97. The number of halogens is 3. The monoisotopic (exact) mass is 458 g/mol. The van der Waals surface area contributed by atoms with E-state index in [4.69, 9.17) is 0 Å². The van der Waals surface area contributed by atoms with Crippen molar-refractivity contribution in [3.8, 4) is 0 Å². The van der Waals surface area contributed by atoms with Gasteiger partial charge in [-0.15, -0.1) is 0 Å². The average Bonchev–Trinajstić information content (AvgIpc) is 2.58. The zero-order valence-electron chi connectivity index (χ0n) is 17.4. The predicted octanol–water partition coefficient (Wildman–Crippen LogP) is 2.85. The number of hydrogen-bond donors (Lipinski definition) is 2. The van der Waals surface area contributed by atoms with E-state index in [2.05, 4.69) is 9.44 Å². The lowest BCUT2D eigenvalue weighted by atomic mass is 9.92. The van der Waals surface area contributed by atoms with E-state index in [9.17, 15) is 30.0 Å². The van der Waals surface area contributed by atoms with E-state index in [-0.39, 0.29) is 5.56 Å². The molecule has 0 amide bonds. The zero-order chi connectivity index (χ0) is 22.8. The molecule has 168 valence electrons. The molecule has 0 heterocycles. The maximum Gasteiger partial charge on any atom is 0.214 e. The predicted molar refractivity (Wildman–Crippen MR) is 107 cm³/mol. The van der Waals surface area contributed by atoms with E-state index in [0.717, 1.165) is 32.0 Å². The van der Waals surface area contributed by atoms with E-state index in [1.165, 1.54) is 27.7 Å². The van der Waals surface area contributed by atoms with Crippen molar-refractivity contribution in [3.63, 3.8) is 0 Å². The van der Waals surface area contributed by atoms with Gasteiger partial charge in [-0.1, -0.05) is 12.1 Å². The van der Waals surface area contributed by atoms with Crippen molar-refractivity contribution in [2.24, 2.45) is 0 Å². The Bertz CT molecular complexity index is 928. The van der Waals surface area contributed by atoms with Gasteiger partial charge < -0.3 is 0 Å². The summed E-state index contributed by atoms with van der Waals surface area (Å²) in [6.45, 7) is 6.49. The summed E-state index contributed by atoms with van der Waals surface area (Å²) < 4.78 is 95.9. The van der Waals surface area contributed by atoms with Crippen molar-refractivity contribution in [2.75, 3.05) is 13.1 Å². The Balaban J connectivity index is 3.05. The fourth-order valence-corrected chi connectivity index (χ4v) is 3.88. The number of hydrogen-bond acceptors (Lipinski definition) is 4. The highest BCUT2D eigenvalue weighted by Gasteiger charge is 2.34. The van der Waals surface area contributed by atoms with Crippen LogP contribution in [0.2, 0.25) is 0 Å². The Kier molecular flexibility index (Phi) is 7.94. The molecule has 0 aliphatic carbocycles. The molecule has 1 aromatic rings. The van der Waals surface area contributed by atoms with Crippen LogP contribution in [0.4, 0.5) is 13.2 Å². The summed E-state index contributed by atoms with van der Waals surface area (Å²) in [6.07, 6.45) is 0. The number of sulfonamides is 2. The molecule has 0 saturated heterocycles. The Hall–Kier alpha value is -1.17. The minimum Gasteiger partial charge on any atom is -0.238 e. The SMILES string of the molecule is CC(C)S(=O)(=O)NCC(C)(F)c1ccc(C(C)(F)CNS(=O)(=O)C(C)C)c(F)c1. The number of rotatable bonds is 10. The first kappa shape index (κ1) is 25.9. The van der Waals surface area contributed by atoms with Crippen LogP contribution in [0.1, 0.15) is 52.7 Å². The van der Waals surface area contributed by atoms with Crippen molar-refractivity contribution in [1.29, 1.82) is 0 Å². The molecule has 0 saturated carbocycles. The van der Waals surface area contributed by atoms with Gasteiger partial charge >= 0.3 is 0 Å². The largest absolute Gasteiger partial charge is 0.238 e. The van der Waals surface area contributed by atoms with Gasteiger partial charge in [0.25, 0.3) is 0 Å². The quantitative estimate of drug-likeness (QED) is 0.564. The van der Waals surface area contributed by atoms with Gasteiger partial charge in [-0.05, 0) is 53.2 Å².